The maximum Gasteiger partial charge on any atom is 0.291 e. The van der Waals surface area contributed by atoms with Crippen molar-refractivity contribution < 1.29 is 19.7 Å². The Morgan fingerprint density at radius 2 is 1.74 bits per heavy atom. The number of benzene rings is 2. The Hall–Kier alpha value is -2.70. The molecule has 2 fully saturated rings. The van der Waals surface area contributed by atoms with Gasteiger partial charge in [-0.25, -0.2) is 4.90 Å². The molecule has 7 heteroatoms. The van der Waals surface area contributed by atoms with Crippen molar-refractivity contribution >= 4 is 40.7 Å². The Morgan fingerprint density at radius 1 is 1.04 bits per heavy atom. The van der Waals surface area contributed by atoms with E-state index in [0.29, 0.717) is 16.4 Å². The van der Waals surface area contributed by atoms with Crippen LogP contribution in [0.3, 0.4) is 0 Å². The first kappa shape index (κ1) is 16.5. The summed E-state index contributed by atoms with van der Waals surface area (Å²) in [6.07, 6.45) is 0. The fraction of sp³-hybridized carbons (Fsp3) is 0.250. The third kappa shape index (κ3) is 1.91. The fourth-order valence-electron chi connectivity index (χ4n) is 4.97. The van der Waals surface area contributed by atoms with Crippen LogP contribution in [0, 0.1) is 11.8 Å². The lowest BCUT2D eigenvalue weighted by atomic mass is 9.76. The second-order valence-electron chi connectivity index (χ2n) is 7.36. The highest BCUT2D eigenvalue weighted by Crippen LogP contribution is 2.50. The molecule has 3 heterocycles. The molecule has 3 aliphatic rings. The summed E-state index contributed by atoms with van der Waals surface area (Å²) in [7, 11) is 0. The van der Waals surface area contributed by atoms with Crippen LogP contribution in [0.1, 0.15) is 12.5 Å². The molecular weight excluding hydrogens is 366 g/mol. The van der Waals surface area contributed by atoms with Crippen LogP contribution in [0.15, 0.2) is 48.5 Å². The summed E-state index contributed by atoms with van der Waals surface area (Å²) >= 11 is 6.26. The van der Waals surface area contributed by atoms with Gasteiger partial charge in [-0.2, -0.15) is 0 Å². The molecule has 0 aliphatic carbocycles. The normalized spacial score (nSPS) is 31.4. The van der Waals surface area contributed by atoms with Gasteiger partial charge in [-0.3, -0.25) is 14.4 Å². The first-order valence-electron chi connectivity index (χ1n) is 8.86. The number of hydrogen-bond donors (Lipinski definition) is 2. The highest BCUT2D eigenvalue weighted by atomic mass is 35.5. The number of fused-ring (bicyclic) bond motifs is 4. The number of quaternary nitrogens is 1. The molecule has 4 atom stereocenters. The summed E-state index contributed by atoms with van der Waals surface area (Å²) in [4.78, 5) is 40.9. The molecular formula is C20H17ClN3O3+. The van der Waals surface area contributed by atoms with Gasteiger partial charge in [0.25, 0.3) is 5.91 Å². The molecule has 1 spiro atoms. The van der Waals surface area contributed by atoms with Crippen LogP contribution in [0.5, 0.6) is 0 Å². The van der Waals surface area contributed by atoms with Crippen LogP contribution in [0.25, 0.3) is 0 Å². The molecule has 3 amide bonds. The van der Waals surface area contributed by atoms with Gasteiger partial charge in [0, 0.05) is 5.56 Å². The Labute approximate surface area is 160 Å². The molecule has 6 nitrogen and oxygen atoms in total. The van der Waals surface area contributed by atoms with Crippen molar-refractivity contribution in [2.75, 3.05) is 10.2 Å². The average Bonchev–Trinajstić information content (AvgIpc) is 3.21. The number of nitrogens with zero attached hydrogens (tertiary/aromatic N) is 1. The SMILES string of the molecule is C[C@H]1[NH2+][C@@]2(C(=O)Nc3ccccc32)[C@H]2C(=O)N(c3ccccc3Cl)C(=O)[C@H]12. The van der Waals surface area contributed by atoms with Gasteiger partial charge >= 0.3 is 0 Å². The number of hydrogen-bond acceptors (Lipinski definition) is 3. The zero-order chi connectivity index (χ0) is 18.9. The highest BCUT2D eigenvalue weighted by molar-refractivity contribution is 6.36. The molecule has 5 rings (SSSR count). The van der Waals surface area contributed by atoms with Crippen LogP contribution in [-0.2, 0) is 19.9 Å². The van der Waals surface area contributed by atoms with Gasteiger partial charge in [0.05, 0.1) is 22.4 Å². The Kier molecular flexibility index (Phi) is 3.30. The molecule has 3 N–H and O–H groups in total. The van der Waals surface area contributed by atoms with E-state index in [1.54, 1.807) is 24.3 Å². The summed E-state index contributed by atoms with van der Waals surface area (Å²) in [6, 6.07) is 13.9. The number of carbonyl (C=O) groups is 3. The predicted molar refractivity (Wildman–Crippen MR) is 99.1 cm³/mol. The van der Waals surface area contributed by atoms with Gasteiger partial charge in [-0.1, -0.05) is 41.9 Å². The molecule has 0 saturated carbocycles. The third-order valence-electron chi connectivity index (χ3n) is 6.02. The van der Waals surface area contributed by atoms with E-state index in [-0.39, 0.29) is 23.8 Å². The predicted octanol–water partition coefficient (Wildman–Crippen LogP) is 1.26. The maximum absolute atomic E-state index is 13.5. The second-order valence-corrected chi connectivity index (χ2v) is 7.77. The number of halogens is 1. The molecule has 136 valence electrons. The Balaban J connectivity index is 1.69. The van der Waals surface area contributed by atoms with E-state index in [4.69, 9.17) is 11.6 Å². The van der Waals surface area contributed by atoms with Crippen LogP contribution < -0.4 is 15.5 Å². The number of carbonyl (C=O) groups excluding carboxylic acids is 3. The maximum atomic E-state index is 13.5. The van der Waals surface area contributed by atoms with E-state index in [2.05, 4.69) is 5.32 Å². The molecule has 2 aromatic carbocycles. The van der Waals surface area contributed by atoms with E-state index < -0.39 is 17.4 Å². The Bertz CT molecular complexity index is 1020. The zero-order valence-electron chi connectivity index (χ0n) is 14.5. The van der Waals surface area contributed by atoms with Gasteiger partial charge in [-0.05, 0) is 25.1 Å². The molecule has 2 aromatic rings. The lowest BCUT2D eigenvalue weighted by Crippen LogP contribution is -2.98. The van der Waals surface area contributed by atoms with Crippen molar-refractivity contribution in [3.8, 4) is 0 Å². The molecule has 0 bridgehead atoms. The molecule has 0 radical (unpaired) electrons. The molecule has 2 saturated heterocycles. The standard InChI is InChI=1S/C20H16ClN3O3/c1-10-15-16(18(26)24(17(15)25)14-9-5-3-7-12(14)21)20(23-10)11-6-2-4-8-13(11)22-19(20)27/h2-10,15-16,23H,1H3,(H,22,27)/p+1/t10-,15-,16-,20-/m1/s1. The first-order valence-corrected chi connectivity index (χ1v) is 9.24. The molecule has 0 unspecified atom stereocenters. The van der Waals surface area contributed by atoms with Crippen LogP contribution in [0.2, 0.25) is 5.02 Å². The van der Waals surface area contributed by atoms with Crippen LogP contribution in [0.4, 0.5) is 11.4 Å². The summed E-state index contributed by atoms with van der Waals surface area (Å²) in [6.45, 7) is 1.89. The zero-order valence-corrected chi connectivity index (χ0v) is 15.2. The van der Waals surface area contributed by atoms with E-state index in [1.807, 2.05) is 36.5 Å². The van der Waals surface area contributed by atoms with E-state index >= 15 is 0 Å². The molecule has 3 aliphatic heterocycles. The van der Waals surface area contributed by atoms with Crippen molar-refractivity contribution in [3.05, 3.63) is 59.1 Å². The van der Waals surface area contributed by atoms with Gasteiger partial charge < -0.3 is 10.6 Å². The van der Waals surface area contributed by atoms with Gasteiger partial charge in [-0.15, -0.1) is 0 Å². The number of amides is 3. The van der Waals surface area contributed by atoms with Crippen molar-refractivity contribution in [2.45, 2.75) is 18.5 Å². The van der Waals surface area contributed by atoms with Crippen LogP contribution in [-0.4, -0.2) is 23.8 Å². The number of nitrogens with one attached hydrogen (secondary N) is 1. The molecule has 0 aromatic heterocycles. The number of rotatable bonds is 1. The van der Waals surface area contributed by atoms with Crippen molar-refractivity contribution in [3.63, 3.8) is 0 Å². The summed E-state index contributed by atoms with van der Waals surface area (Å²) in [5, 5.41) is 5.10. The minimum absolute atomic E-state index is 0.212. The van der Waals surface area contributed by atoms with Crippen LogP contribution >= 0.6 is 11.6 Å². The number of imide groups is 1. The first-order chi connectivity index (χ1) is 13.0. The van der Waals surface area contributed by atoms with Gasteiger partial charge in [0.2, 0.25) is 17.4 Å². The minimum atomic E-state index is -1.12. The second kappa shape index (κ2) is 5.41. The van der Waals surface area contributed by atoms with Crippen molar-refractivity contribution in [2.24, 2.45) is 11.8 Å². The van der Waals surface area contributed by atoms with E-state index in [9.17, 15) is 14.4 Å². The van der Waals surface area contributed by atoms with E-state index in [0.717, 1.165) is 10.5 Å². The summed E-state index contributed by atoms with van der Waals surface area (Å²) in [5.74, 6) is -2.25. The fourth-order valence-corrected chi connectivity index (χ4v) is 5.19. The lowest BCUT2D eigenvalue weighted by molar-refractivity contribution is -0.730. The smallest absolute Gasteiger partial charge is 0.291 e. The highest BCUT2D eigenvalue weighted by Gasteiger charge is 2.73. The van der Waals surface area contributed by atoms with E-state index in [1.165, 1.54) is 0 Å². The van der Waals surface area contributed by atoms with Crippen molar-refractivity contribution in [1.29, 1.82) is 0 Å². The van der Waals surface area contributed by atoms with Crippen molar-refractivity contribution in [1.82, 2.24) is 0 Å². The monoisotopic (exact) mass is 382 g/mol. The average molecular weight is 383 g/mol. The summed E-state index contributed by atoms with van der Waals surface area (Å²) in [5.41, 5.74) is 0.709. The number of para-hydroxylation sites is 2. The van der Waals surface area contributed by atoms with Gasteiger partial charge in [0.1, 0.15) is 11.8 Å². The molecule has 27 heavy (non-hydrogen) atoms. The van der Waals surface area contributed by atoms with Gasteiger partial charge in [0.15, 0.2) is 0 Å². The number of anilines is 2. The quantitative estimate of drug-likeness (QED) is 0.728. The minimum Gasteiger partial charge on any atom is -0.326 e. The summed E-state index contributed by atoms with van der Waals surface area (Å²) < 4.78 is 0. The number of nitrogens with two attached hydrogens (primary N) is 1. The Morgan fingerprint density at radius 3 is 2.52 bits per heavy atom. The largest absolute Gasteiger partial charge is 0.326 e. The third-order valence-corrected chi connectivity index (χ3v) is 6.34. The topological polar surface area (TPSA) is 83.1 Å². The lowest BCUT2D eigenvalue weighted by Gasteiger charge is -2.26.